The number of aryl methyl sites for hydroxylation is 1. The molecule has 0 saturated carbocycles. The van der Waals surface area contributed by atoms with E-state index in [0.717, 1.165) is 0 Å². The maximum absolute atomic E-state index is 12.9. The second-order valence-corrected chi connectivity index (χ2v) is 6.81. The molecule has 1 aromatic rings. The lowest BCUT2D eigenvalue weighted by molar-refractivity contribution is -0.144. The maximum atomic E-state index is 12.9. The first-order valence-electron chi connectivity index (χ1n) is 9.07. The summed E-state index contributed by atoms with van der Waals surface area (Å²) in [6.45, 7) is 9.58. The van der Waals surface area contributed by atoms with Gasteiger partial charge in [-0.2, -0.15) is 0 Å². The molecule has 0 aliphatic heterocycles. The van der Waals surface area contributed by atoms with E-state index >= 15 is 0 Å². The molecule has 1 rings (SSSR count). The van der Waals surface area contributed by atoms with E-state index in [-0.39, 0.29) is 43.1 Å². The Balaban J connectivity index is 3.03. The Labute approximate surface area is 159 Å². The number of amides is 2. The molecule has 0 radical (unpaired) electrons. The van der Waals surface area contributed by atoms with E-state index in [1.807, 2.05) is 27.7 Å². The molecule has 1 N–H and O–H groups in total. The van der Waals surface area contributed by atoms with E-state index in [1.165, 1.54) is 23.9 Å². The van der Waals surface area contributed by atoms with Gasteiger partial charge in [-0.1, -0.05) is 0 Å². The molecule has 0 spiro atoms. The van der Waals surface area contributed by atoms with Crippen LogP contribution < -0.4 is 10.9 Å². The number of hydrogen-bond donors (Lipinski definition) is 1. The quantitative estimate of drug-likeness (QED) is 0.696. The van der Waals surface area contributed by atoms with Crippen molar-refractivity contribution in [1.29, 1.82) is 0 Å². The summed E-state index contributed by atoms with van der Waals surface area (Å²) in [6.07, 6.45) is 1.27. The molecule has 0 bridgehead atoms. The first kappa shape index (κ1) is 22.4. The van der Waals surface area contributed by atoms with E-state index in [2.05, 4.69) is 5.32 Å². The number of nitrogens with one attached hydrogen (secondary N) is 1. The van der Waals surface area contributed by atoms with Crippen molar-refractivity contribution >= 4 is 23.5 Å². The molecule has 0 saturated heterocycles. The Kier molecular flexibility index (Phi) is 8.21. The van der Waals surface area contributed by atoms with Crippen LogP contribution in [-0.4, -0.2) is 45.9 Å². The molecular weight excluding hydrogens is 350 g/mol. The van der Waals surface area contributed by atoms with Gasteiger partial charge in [-0.15, -0.1) is 0 Å². The molecule has 1 heterocycles. The summed E-state index contributed by atoms with van der Waals surface area (Å²) in [5.41, 5.74) is -0.124. The molecule has 2 amide bonds. The molecule has 0 aliphatic rings. The number of esters is 1. The smallest absolute Gasteiger partial charge is 0.306 e. The number of ether oxygens (including phenoxy) is 1. The Bertz CT molecular complexity index is 744. The van der Waals surface area contributed by atoms with Crippen molar-refractivity contribution in [3.8, 4) is 0 Å². The predicted octanol–water partition coefficient (Wildman–Crippen LogP) is 1.93. The number of anilines is 1. The number of nitrogens with zero attached hydrogens (tertiary/aromatic N) is 2. The second-order valence-electron chi connectivity index (χ2n) is 6.81. The van der Waals surface area contributed by atoms with Gasteiger partial charge >= 0.3 is 5.97 Å². The number of hydrogen-bond acceptors (Lipinski definition) is 5. The minimum Gasteiger partial charge on any atom is -0.466 e. The summed E-state index contributed by atoms with van der Waals surface area (Å²) < 4.78 is 6.03. The number of rotatable bonds is 8. The third-order valence-corrected chi connectivity index (χ3v) is 3.91. The van der Waals surface area contributed by atoms with Gasteiger partial charge in [0.05, 0.1) is 18.6 Å². The standard InChI is InChI=1S/C19H29N3O5/c1-7-27-17(24)9-8-16(23)20-15-10-14(11-21(6)19(15)26)18(25)22(12(2)3)13(4)5/h10-13H,7-9H2,1-6H3,(H,20,23). The first-order valence-corrected chi connectivity index (χ1v) is 9.07. The lowest BCUT2D eigenvalue weighted by Gasteiger charge is -2.31. The Morgan fingerprint density at radius 2 is 1.74 bits per heavy atom. The van der Waals surface area contributed by atoms with Crippen molar-refractivity contribution < 1.29 is 19.1 Å². The van der Waals surface area contributed by atoms with Gasteiger partial charge in [0, 0.05) is 31.7 Å². The second kappa shape index (κ2) is 9.89. The van der Waals surface area contributed by atoms with E-state index in [1.54, 1.807) is 11.8 Å². The molecule has 27 heavy (non-hydrogen) atoms. The monoisotopic (exact) mass is 379 g/mol. The van der Waals surface area contributed by atoms with Gasteiger partial charge in [-0.25, -0.2) is 0 Å². The number of pyridine rings is 1. The topological polar surface area (TPSA) is 97.7 Å². The van der Waals surface area contributed by atoms with Crippen LogP contribution >= 0.6 is 0 Å². The highest BCUT2D eigenvalue weighted by Gasteiger charge is 2.23. The van der Waals surface area contributed by atoms with E-state index < -0.39 is 17.4 Å². The molecule has 0 aliphatic carbocycles. The lowest BCUT2D eigenvalue weighted by atomic mass is 10.1. The maximum Gasteiger partial charge on any atom is 0.306 e. The van der Waals surface area contributed by atoms with Crippen molar-refractivity contribution in [1.82, 2.24) is 9.47 Å². The van der Waals surface area contributed by atoms with Gasteiger partial charge in [-0.05, 0) is 40.7 Å². The molecule has 0 atom stereocenters. The highest BCUT2D eigenvalue weighted by molar-refractivity contribution is 5.97. The van der Waals surface area contributed by atoms with Crippen LogP contribution in [0.25, 0.3) is 0 Å². The zero-order valence-electron chi connectivity index (χ0n) is 16.9. The summed E-state index contributed by atoms with van der Waals surface area (Å²) >= 11 is 0. The fraction of sp³-hybridized carbons (Fsp3) is 0.579. The fourth-order valence-corrected chi connectivity index (χ4v) is 2.79. The largest absolute Gasteiger partial charge is 0.466 e. The van der Waals surface area contributed by atoms with Crippen molar-refractivity contribution in [2.45, 2.75) is 59.5 Å². The van der Waals surface area contributed by atoms with Crippen LogP contribution in [0, 0.1) is 0 Å². The van der Waals surface area contributed by atoms with Crippen LogP contribution in [0.1, 0.15) is 57.8 Å². The van der Waals surface area contributed by atoms with Crippen molar-refractivity contribution in [2.75, 3.05) is 11.9 Å². The van der Waals surface area contributed by atoms with E-state index in [4.69, 9.17) is 4.74 Å². The number of carbonyl (C=O) groups is 3. The average molecular weight is 379 g/mol. The Morgan fingerprint density at radius 1 is 1.15 bits per heavy atom. The SMILES string of the molecule is CCOC(=O)CCC(=O)Nc1cc(C(=O)N(C(C)C)C(C)C)cn(C)c1=O. The Morgan fingerprint density at radius 3 is 2.26 bits per heavy atom. The third kappa shape index (κ3) is 6.23. The molecule has 1 aromatic heterocycles. The van der Waals surface area contributed by atoms with Crippen LogP contribution in [-0.2, 0) is 21.4 Å². The minimum atomic E-state index is -0.491. The molecule has 0 aromatic carbocycles. The summed E-state index contributed by atoms with van der Waals surface area (Å²) in [6, 6.07) is 1.35. The summed E-state index contributed by atoms with van der Waals surface area (Å²) in [5, 5.41) is 2.49. The summed E-state index contributed by atoms with van der Waals surface area (Å²) in [5.74, 6) is -1.19. The normalized spacial score (nSPS) is 10.8. The molecular formula is C19H29N3O5. The van der Waals surface area contributed by atoms with Gasteiger partial charge < -0.3 is 19.5 Å². The third-order valence-electron chi connectivity index (χ3n) is 3.91. The van der Waals surface area contributed by atoms with Crippen LogP contribution in [0.15, 0.2) is 17.1 Å². The lowest BCUT2D eigenvalue weighted by Crippen LogP contribution is -2.42. The molecule has 0 unspecified atom stereocenters. The number of carbonyl (C=O) groups excluding carboxylic acids is 3. The minimum absolute atomic E-state index is 0.00433. The summed E-state index contributed by atoms with van der Waals surface area (Å²) in [7, 11) is 1.52. The van der Waals surface area contributed by atoms with E-state index in [0.29, 0.717) is 5.56 Å². The fourth-order valence-electron chi connectivity index (χ4n) is 2.79. The average Bonchev–Trinajstić information content (AvgIpc) is 2.56. The molecule has 0 fully saturated rings. The predicted molar refractivity (Wildman–Crippen MR) is 103 cm³/mol. The Hall–Kier alpha value is -2.64. The zero-order chi connectivity index (χ0) is 20.7. The van der Waals surface area contributed by atoms with Crippen molar-refractivity contribution in [3.63, 3.8) is 0 Å². The van der Waals surface area contributed by atoms with E-state index in [9.17, 15) is 19.2 Å². The molecule has 8 heteroatoms. The van der Waals surface area contributed by atoms with Gasteiger partial charge in [0.1, 0.15) is 5.69 Å². The highest BCUT2D eigenvalue weighted by atomic mass is 16.5. The zero-order valence-corrected chi connectivity index (χ0v) is 16.9. The first-order chi connectivity index (χ1) is 12.6. The van der Waals surface area contributed by atoms with Crippen LogP contribution in [0.2, 0.25) is 0 Å². The van der Waals surface area contributed by atoms with Gasteiger partial charge in [-0.3, -0.25) is 19.2 Å². The van der Waals surface area contributed by atoms with Crippen molar-refractivity contribution in [3.05, 3.63) is 28.2 Å². The van der Waals surface area contributed by atoms with Crippen LogP contribution in [0.3, 0.4) is 0 Å². The number of aromatic nitrogens is 1. The summed E-state index contributed by atoms with van der Waals surface area (Å²) in [4.78, 5) is 50.2. The highest BCUT2D eigenvalue weighted by Crippen LogP contribution is 2.14. The molecule has 8 nitrogen and oxygen atoms in total. The molecule has 150 valence electrons. The van der Waals surface area contributed by atoms with Crippen LogP contribution in [0.5, 0.6) is 0 Å². The van der Waals surface area contributed by atoms with Gasteiger partial charge in [0.25, 0.3) is 11.5 Å². The van der Waals surface area contributed by atoms with Crippen LogP contribution in [0.4, 0.5) is 5.69 Å². The van der Waals surface area contributed by atoms with Crippen molar-refractivity contribution in [2.24, 2.45) is 7.05 Å². The van der Waals surface area contributed by atoms with Gasteiger partial charge in [0.2, 0.25) is 5.91 Å². The van der Waals surface area contributed by atoms with Gasteiger partial charge in [0.15, 0.2) is 0 Å².